The molecule has 1 amide bonds. The summed E-state index contributed by atoms with van der Waals surface area (Å²) in [5, 5.41) is 9.01. The number of carboxylic acids is 1. The standard InChI is InChI=1S/C28H41NO3/c1-17(2)29(18(3)4)27(32)25-12-11-24-23-10-8-20-16-19(7-13-26(30)31)6-9-21(20)22(23)14-15-28(24,25)5/h6,9,16-18,22-25H,7-8,10-15H2,1-5H3,(H,30,31)/t22-,23-,24+,25-,28+/m1/s1. The molecular formula is C28H41NO3. The first-order valence-corrected chi connectivity index (χ1v) is 12.8. The van der Waals surface area contributed by atoms with Gasteiger partial charge in [0.25, 0.3) is 0 Å². The van der Waals surface area contributed by atoms with Crippen LogP contribution in [0, 0.1) is 23.2 Å². The van der Waals surface area contributed by atoms with E-state index in [0.717, 1.165) is 24.8 Å². The lowest BCUT2D eigenvalue weighted by atomic mass is 9.54. The van der Waals surface area contributed by atoms with Crippen LogP contribution in [-0.4, -0.2) is 34.0 Å². The van der Waals surface area contributed by atoms with Gasteiger partial charge in [0.05, 0.1) is 0 Å². The van der Waals surface area contributed by atoms with Gasteiger partial charge in [0.2, 0.25) is 5.91 Å². The van der Waals surface area contributed by atoms with Gasteiger partial charge in [-0.2, -0.15) is 0 Å². The molecule has 5 atom stereocenters. The predicted octanol–water partition coefficient (Wildman–Crippen LogP) is 5.82. The van der Waals surface area contributed by atoms with Crippen LogP contribution in [-0.2, 0) is 22.4 Å². The molecule has 32 heavy (non-hydrogen) atoms. The number of carbonyl (C=O) groups excluding carboxylic acids is 1. The molecule has 4 rings (SSSR count). The van der Waals surface area contributed by atoms with Crippen LogP contribution >= 0.6 is 0 Å². The summed E-state index contributed by atoms with van der Waals surface area (Å²) >= 11 is 0. The van der Waals surface area contributed by atoms with E-state index in [1.54, 1.807) is 0 Å². The molecular weight excluding hydrogens is 398 g/mol. The molecule has 1 aromatic rings. The van der Waals surface area contributed by atoms with Crippen LogP contribution in [0.1, 0.15) is 95.8 Å². The van der Waals surface area contributed by atoms with E-state index in [0.29, 0.717) is 30.1 Å². The molecule has 2 saturated carbocycles. The Morgan fingerprint density at radius 3 is 2.47 bits per heavy atom. The van der Waals surface area contributed by atoms with Crippen molar-refractivity contribution in [3.63, 3.8) is 0 Å². The summed E-state index contributed by atoms with van der Waals surface area (Å²) in [7, 11) is 0. The number of aryl methyl sites for hydroxylation is 2. The maximum Gasteiger partial charge on any atom is 0.303 e. The molecule has 0 unspecified atom stereocenters. The number of nitrogens with zero attached hydrogens (tertiary/aromatic N) is 1. The van der Waals surface area contributed by atoms with Gasteiger partial charge < -0.3 is 10.0 Å². The minimum Gasteiger partial charge on any atom is -0.481 e. The van der Waals surface area contributed by atoms with Crippen molar-refractivity contribution in [2.75, 3.05) is 0 Å². The molecule has 2 fully saturated rings. The summed E-state index contributed by atoms with van der Waals surface area (Å²) in [6.45, 7) is 11.0. The summed E-state index contributed by atoms with van der Waals surface area (Å²) in [6.07, 6.45) is 7.65. The molecule has 1 aromatic carbocycles. The highest BCUT2D eigenvalue weighted by atomic mass is 16.4. The predicted molar refractivity (Wildman–Crippen MR) is 128 cm³/mol. The van der Waals surface area contributed by atoms with Crippen LogP contribution in [0.5, 0.6) is 0 Å². The van der Waals surface area contributed by atoms with Gasteiger partial charge in [-0.3, -0.25) is 9.59 Å². The Morgan fingerprint density at radius 1 is 1.09 bits per heavy atom. The number of fused-ring (bicyclic) bond motifs is 5. The first-order chi connectivity index (χ1) is 15.1. The van der Waals surface area contributed by atoms with Crippen molar-refractivity contribution in [3.05, 3.63) is 34.9 Å². The monoisotopic (exact) mass is 439 g/mol. The first-order valence-electron chi connectivity index (χ1n) is 12.8. The van der Waals surface area contributed by atoms with E-state index in [-0.39, 0.29) is 29.8 Å². The van der Waals surface area contributed by atoms with E-state index in [9.17, 15) is 9.59 Å². The van der Waals surface area contributed by atoms with Crippen molar-refractivity contribution in [2.24, 2.45) is 23.2 Å². The van der Waals surface area contributed by atoms with E-state index >= 15 is 0 Å². The second kappa shape index (κ2) is 8.83. The smallest absolute Gasteiger partial charge is 0.303 e. The van der Waals surface area contributed by atoms with Gasteiger partial charge >= 0.3 is 5.97 Å². The second-order valence-corrected chi connectivity index (χ2v) is 11.4. The maximum absolute atomic E-state index is 13.7. The molecule has 0 bridgehead atoms. The molecule has 4 heteroatoms. The van der Waals surface area contributed by atoms with Gasteiger partial charge in [0, 0.05) is 24.4 Å². The van der Waals surface area contributed by atoms with Gasteiger partial charge in [-0.15, -0.1) is 0 Å². The highest BCUT2D eigenvalue weighted by Gasteiger charge is 2.57. The summed E-state index contributed by atoms with van der Waals surface area (Å²) in [5.41, 5.74) is 4.22. The fraction of sp³-hybridized carbons (Fsp3) is 0.714. The number of carboxylic acid groups (broad SMARTS) is 1. The molecule has 0 aliphatic heterocycles. The molecule has 0 spiro atoms. The van der Waals surface area contributed by atoms with Gasteiger partial charge in [0.15, 0.2) is 0 Å². The van der Waals surface area contributed by atoms with Crippen LogP contribution in [0.25, 0.3) is 0 Å². The summed E-state index contributed by atoms with van der Waals surface area (Å²) in [4.78, 5) is 26.8. The van der Waals surface area contributed by atoms with Crippen molar-refractivity contribution in [3.8, 4) is 0 Å². The van der Waals surface area contributed by atoms with E-state index < -0.39 is 5.97 Å². The first kappa shape index (κ1) is 23.3. The topological polar surface area (TPSA) is 57.6 Å². The number of amides is 1. The molecule has 0 radical (unpaired) electrons. The third-order valence-corrected chi connectivity index (χ3v) is 9.08. The van der Waals surface area contributed by atoms with Crippen molar-refractivity contribution in [1.82, 2.24) is 4.90 Å². The lowest BCUT2D eigenvalue weighted by molar-refractivity contribution is -0.145. The Morgan fingerprint density at radius 2 is 1.81 bits per heavy atom. The zero-order chi connectivity index (χ0) is 23.2. The minimum atomic E-state index is -0.729. The maximum atomic E-state index is 13.7. The number of carbonyl (C=O) groups is 2. The normalized spacial score (nSPS) is 31.2. The SMILES string of the molecule is CC(C)N(C(=O)[C@H]1CC[C@H]2[C@@H]3CCc4cc(CCC(=O)O)ccc4[C@H]3CC[C@]12C)C(C)C. The van der Waals surface area contributed by atoms with Crippen molar-refractivity contribution >= 4 is 11.9 Å². The Bertz CT molecular complexity index is 867. The second-order valence-electron chi connectivity index (χ2n) is 11.4. The average molecular weight is 440 g/mol. The van der Waals surface area contributed by atoms with Crippen molar-refractivity contribution < 1.29 is 14.7 Å². The fourth-order valence-electron chi connectivity index (χ4n) is 7.73. The number of hydrogen-bond donors (Lipinski definition) is 1. The molecule has 0 heterocycles. The Balaban J connectivity index is 1.54. The largest absolute Gasteiger partial charge is 0.481 e. The fourth-order valence-corrected chi connectivity index (χ4v) is 7.73. The van der Waals surface area contributed by atoms with Crippen LogP contribution in [0.4, 0.5) is 0 Å². The highest BCUT2D eigenvalue weighted by molar-refractivity contribution is 5.80. The third-order valence-electron chi connectivity index (χ3n) is 9.08. The van der Waals surface area contributed by atoms with Gasteiger partial charge in [0.1, 0.15) is 0 Å². The lowest BCUT2D eigenvalue weighted by Gasteiger charge is -2.51. The number of aliphatic carboxylic acids is 1. The Kier molecular flexibility index (Phi) is 6.44. The molecule has 3 aliphatic rings. The highest BCUT2D eigenvalue weighted by Crippen LogP contribution is 2.63. The number of rotatable bonds is 6. The number of hydrogen-bond acceptors (Lipinski definition) is 2. The zero-order valence-corrected chi connectivity index (χ0v) is 20.6. The molecule has 0 aromatic heterocycles. The molecule has 3 aliphatic carbocycles. The van der Waals surface area contributed by atoms with Gasteiger partial charge in [-0.25, -0.2) is 0 Å². The van der Waals surface area contributed by atoms with Gasteiger partial charge in [-0.1, -0.05) is 25.1 Å². The summed E-state index contributed by atoms with van der Waals surface area (Å²) in [5.74, 6) is 1.74. The molecule has 0 saturated heterocycles. The average Bonchev–Trinajstić information content (AvgIpc) is 3.08. The van der Waals surface area contributed by atoms with Crippen molar-refractivity contribution in [1.29, 1.82) is 0 Å². The lowest BCUT2D eigenvalue weighted by Crippen LogP contribution is -2.50. The zero-order valence-electron chi connectivity index (χ0n) is 20.6. The van der Waals surface area contributed by atoms with Crippen LogP contribution in [0.2, 0.25) is 0 Å². The Hall–Kier alpha value is -1.84. The van der Waals surface area contributed by atoms with E-state index in [1.165, 1.54) is 30.4 Å². The minimum absolute atomic E-state index is 0.124. The summed E-state index contributed by atoms with van der Waals surface area (Å²) < 4.78 is 0. The third kappa shape index (κ3) is 3.99. The van der Waals surface area contributed by atoms with Crippen LogP contribution < -0.4 is 0 Å². The van der Waals surface area contributed by atoms with E-state index in [1.807, 2.05) is 0 Å². The van der Waals surface area contributed by atoms with E-state index in [4.69, 9.17) is 5.11 Å². The quantitative estimate of drug-likeness (QED) is 0.607. The molecule has 1 N–H and O–H groups in total. The van der Waals surface area contributed by atoms with E-state index in [2.05, 4.69) is 57.7 Å². The molecule has 176 valence electrons. The van der Waals surface area contributed by atoms with Crippen LogP contribution in [0.15, 0.2) is 18.2 Å². The summed E-state index contributed by atoms with van der Waals surface area (Å²) in [6, 6.07) is 7.22. The van der Waals surface area contributed by atoms with Gasteiger partial charge in [-0.05, 0) is 112 Å². The Labute approximate surface area is 193 Å². The van der Waals surface area contributed by atoms with Crippen LogP contribution in [0.3, 0.4) is 0 Å². The number of benzene rings is 1. The van der Waals surface area contributed by atoms with Crippen molar-refractivity contribution in [2.45, 2.75) is 104 Å². The molecule has 4 nitrogen and oxygen atoms in total.